The summed E-state index contributed by atoms with van der Waals surface area (Å²) < 4.78 is 33.1. The highest BCUT2D eigenvalue weighted by molar-refractivity contribution is 7.89. The van der Waals surface area contributed by atoms with Crippen LogP contribution in [-0.4, -0.2) is 39.5 Å². The second kappa shape index (κ2) is 10.9. The van der Waals surface area contributed by atoms with Gasteiger partial charge < -0.3 is 10.1 Å². The molecule has 0 saturated carbocycles. The molecule has 8 heteroatoms. The van der Waals surface area contributed by atoms with Crippen LogP contribution in [0.4, 0.5) is 0 Å². The second-order valence-corrected chi connectivity index (χ2v) is 8.99. The molecule has 0 heterocycles. The molecule has 0 aliphatic heterocycles. The fraction of sp³-hybridized carbons (Fsp3) is 0.304. The first-order valence-electron chi connectivity index (χ1n) is 9.81. The van der Waals surface area contributed by atoms with Crippen LogP contribution in [0.3, 0.4) is 0 Å². The maximum atomic E-state index is 13.1. The number of benzene rings is 2. The van der Waals surface area contributed by atoms with Crippen molar-refractivity contribution in [1.82, 2.24) is 10.0 Å². The lowest BCUT2D eigenvalue weighted by atomic mass is 10.0. The van der Waals surface area contributed by atoms with Gasteiger partial charge in [0.2, 0.25) is 15.9 Å². The van der Waals surface area contributed by atoms with E-state index in [1.165, 1.54) is 25.3 Å². The smallest absolute Gasteiger partial charge is 0.328 e. The molecule has 3 atom stereocenters. The van der Waals surface area contributed by atoms with Gasteiger partial charge in [0.15, 0.2) is 0 Å². The average Bonchev–Trinajstić information content (AvgIpc) is 2.76. The van der Waals surface area contributed by atoms with E-state index in [9.17, 15) is 18.0 Å². The lowest BCUT2D eigenvalue weighted by Crippen LogP contribution is -2.54. The Hall–Kier alpha value is -2.97. The van der Waals surface area contributed by atoms with Crippen LogP contribution in [0.15, 0.2) is 72.1 Å². The van der Waals surface area contributed by atoms with Crippen molar-refractivity contribution in [2.75, 3.05) is 7.11 Å². The molecule has 0 spiro atoms. The number of amides is 1. The third-order valence-corrected chi connectivity index (χ3v) is 6.37. The van der Waals surface area contributed by atoms with Gasteiger partial charge in [0, 0.05) is 5.92 Å². The van der Waals surface area contributed by atoms with Crippen LogP contribution in [-0.2, 0) is 30.8 Å². The van der Waals surface area contributed by atoms with Crippen molar-refractivity contribution < 1.29 is 22.7 Å². The van der Waals surface area contributed by atoms with Crippen molar-refractivity contribution in [3.8, 4) is 0 Å². The highest BCUT2D eigenvalue weighted by Gasteiger charge is 2.31. The van der Waals surface area contributed by atoms with E-state index in [1.807, 2.05) is 13.0 Å². The Bertz CT molecular complexity index is 1000. The Balaban J connectivity index is 2.33. The maximum Gasteiger partial charge on any atom is 0.328 e. The second-order valence-electron chi connectivity index (χ2n) is 7.28. The highest BCUT2D eigenvalue weighted by atomic mass is 32.2. The van der Waals surface area contributed by atoms with E-state index in [2.05, 4.69) is 16.6 Å². The Morgan fingerprint density at radius 2 is 1.71 bits per heavy atom. The summed E-state index contributed by atoms with van der Waals surface area (Å²) in [5, 5.41) is 2.61. The number of hydrogen-bond acceptors (Lipinski definition) is 5. The predicted molar refractivity (Wildman–Crippen MR) is 119 cm³/mol. The van der Waals surface area contributed by atoms with Gasteiger partial charge in [-0.3, -0.25) is 4.79 Å². The van der Waals surface area contributed by atoms with Gasteiger partial charge >= 0.3 is 5.97 Å². The minimum atomic E-state index is -3.98. The number of hydrogen-bond donors (Lipinski definition) is 2. The van der Waals surface area contributed by atoms with E-state index < -0.39 is 39.9 Å². The molecule has 2 rings (SSSR count). The molecule has 1 amide bonds. The predicted octanol–water partition coefficient (Wildman–Crippen LogP) is 2.36. The number of methoxy groups -OCH3 is 1. The molecule has 0 unspecified atom stereocenters. The van der Waals surface area contributed by atoms with Gasteiger partial charge in [-0.25, -0.2) is 13.2 Å². The SMILES string of the molecule is C=C[C@H](C)[C@H](NC(=O)[C@H](Cc1ccccc1)NS(=O)(=O)c1ccc(C)cc1)C(=O)OC. The topological polar surface area (TPSA) is 102 Å². The van der Waals surface area contributed by atoms with Gasteiger partial charge in [0.1, 0.15) is 12.1 Å². The van der Waals surface area contributed by atoms with Gasteiger partial charge in [0.05, 0.1) is 12.0 Å². The molecule has 0 saturated heterocycles. The lowest BCUT2D eigenvalue weighted by molar-refractivity contribution is -0.146. The summed E-state index contributed by atoms with van der Waals surface area (Å²) in [6.07, 6.45) is 1.62. The third-order valence-electron chi connectivity index (χ3n) is 4.88. The van der Waals surface area contributed by atoms with Crippen molar-refractivity contribution in [1.29, 1.82) is 0 Å². The first kappa shape index (κ1) is 24.3. The van der Waals surface area contributed by atoms with Crippen molar-refractivity contribution in [3.63, 3.8) is 0 Å². The van der Waals surface area contributed by atoms with E-state index in [-0.39, 0.29) is 11.3 Å². The molecule has 0 aliphatic rings. The van der Waals surface area contributed by atoms with Crippen LogP contribution in [0.2, 0.25) is 0 Å². The van der Waals surface area contributed by atoms with Crippen molar-refractivity contribution >= 4 is 21.9 Å². The zero-order valence-corrected chi connectivity index (χ0v) is 18.7. The zero-order chi connectivity index (χ0) is 23.0. The van der Waals surface area contributed by atoms with Gasteiger partial charge in [-0.2, -0.15) is 4.72 Å². The minimum Gasteiger partial charge on any atom is -0.467 e. The zero-order valence-electron chi connectivity index (χ0n) is 17.9. The van der Waals surface area contributed by atoms with Crippen molar-refractivity contribution in [2.45, 2.75) is 37.2 Å². The monoisotopic (exact) mass is 444 g/mol. The normalized spacial score (nSPS) is 14.2. The fourth-order valence-corrected chi connectivity index (χ4v) is 4.13. The van der Waals surface area contributed by atoms with E-state index in [1.54, 1.807) is 43.3 Å². The third kappa shape index (κ3) is 6.77. The van der Waals surface area contributed by atoms with Gasteiger partial charge in [-0.15, -0.1) is 6.58 Å². The van der Waals surface area contributed by atoms with Crippen molar-refractivity contribution in [3.05, 3.63) is 78.4 Å². The van der Waals surface area contributed by atoms with E-state index in [0.717, 1.165) is 11.1 Å². The summed E-state index contributed by atoms with van der Waals surface area (Å²) in [7, 11) is -2.75. The molecule has 2 aromatic carbocycles. The quantitative estimate of drug-likeness (QED) is 0.433. The highest BCUT2D eigenvalue weighted by Crippen LogP contribution is 2.14. The minimum absolute atomic E-state index is 0.0490. The molecule has 2 aromatic rings. The molecule has 31 heavy (non-hydrogen) atoms. The van der Waals surface area contributed by atoms with Crippen molar-refractivity contribution in [2.24, 2.45) is 5.92 Å². The Morgan fingerprint density at radius 1 is 1.10 bits per heavy atom. The Kier molecular flexibility index (Phi) is 8.53. The standard InChI is InChI=1S/C23H28N2O5S/c1-5-17(3)21(23(27)30-4)24-22(26)20(15-18-9-7-6-8-10-18)25-31(28,29)19-13-11-16(2)12-14-19/h5-14,17,20-21,25H,1,15H2,2-4H3,(H,24,26)/t17-,20-,21-/m0/s1. The number of sulfonamides is 1. The molecule has 0 aliphatic carbocycles. The van der Waals surface area contributed by atoms with E-state index >= 15 is 0 Å². The van der Waals surface area contributed by atoms with Crippen LogP contribution < -0.4 is 10.0 Å². The van der Waals surface area contributed by atoms with E-state index in [4.69, 9.17) is 4.74 Å². The largest absolute Gasteiger partial charge is 0.467 e. The molecular weight excluding hydrogens is 416 g/mol. The number of carbonyl (C=O) groups excluding carboxylic acids is 2. The maximum absolute atomic E-state index is 13.1. The van der Waals surface area contributed by atoms with Gasteiger partial charge in [-0.1, -0.05) is 61.0 Å². The molecule has 0 bridgehead atoms. The average molecular weight is 445 g/mol. The molecule has 2 N–H and O–H groups in total. The number of aryl methyl sites for hydroxylation is 1. The molecule has 0 radical (unpaired) electrons. The molecule has 7 nitrogen and oxygen atoms in total. The van der Waals surface area contributed by atoms with Crippen LogP contribution in [0.1, 0.15) is 18.1 Å². The van der Waals surface area contributed by atoms with Crippen LogP contribution in [0.5, 0.6) is 0 Å². The lowest BCUT2D eigenvalue weighted by Gasteiger charge is -2.24. The summed E-state index contributed by atoms with van der Waals surface area (Å²) in [4.78, 5) is 25.3. The van der Waals surface area contributed by atoms with Crippen LogP contribution in [0.25, 0.3) is 0 Å². The van der Waals surface area contributed by atoms with Crippen LogP contribution in [0, 0.1) is 12.8 Å². The fourth-order valence-electron chi connectivity index (χ4n) is 2.93. The first-order valence-corrected chi connectivity index (χ1v) is 11.3. The number of nitrogens with one attached hydrogen (secondary N) is 2. The number of ether oxygens (including phenoxy) is 1. The van der Waals surface area contributed by atoms with Gasteiger partial charge in [-0.05, 0) is 31.0 Å². The Labute approximate surface area is 183 Å². The number of esters is 1. The first-order chi connectivity index (χ1) is 14.7. The summed E-state index contributed by atoms with van der Waals surface area (Å²) in [6.45, 7) is 7.21. The van der Waals surface area contributed by atoms with E-state index in [0.29, 0.717) is 0 Å². The van der Waals surface area contributed by atoms with Gasteiger partial charge in [0.25, 0.3) is 0 Å². The molecule has 0 aromatic heterocycles. The Morgan fingerprint density at radius 3 is 2.26 bits per heavy atom. The number of rotatable bonds is 10. The summed E-state index contributed by atoms with van der Waals surface area (Å²) >= 11 is 0. The summed E-state index contributed by atoms with van der Waals surface area (Å²) in [5.74, 6) is -1.69. The molecular formula is C23H28N2O5S. The molecule has 0 fully saturated rings. The summed E-state index contributed by atoms with van der Waals surface area (Å²) in [6, 6.07) is 13.2. The van der Waals surface area contributed by atoms with Crippen LogP contribution >= 0.6 is 0 Å². The molecule has 166 valence electrons. The number of carbonyl (C=O) groups is 2. The summed E-state index contributed by atoms with van der Waals surface area (Å²) in [5.41, 5.74) is 1.68.